The van der Waals surface area contributed by atoms with Crippen molar-refractivity contribution in [3.63, 3.8) is 0 Å². The van der Waals surface area contributed by atoms with Crippen LogP contribution in [0.4, 0.5) is 0 Å². The molecule has 0 aliphatic heterocycles. The Kier molecular flexibility index (Phi) is 4.06. The van der Waals surface area contributed by atoms with Crippen LogP contribution in [0.25, 0.3) is 0 Å². The molecule has 5 heteroatoms. The van der Waals surface area contributed by atoms with Crippen molar-refractivity contribution in [2.24, 2.45) is 0 Å². The Morgan fingerprint density at radius 1 is 1.16 bits per heavy atom. The minimum atomic E-state index is -0.437. The molecule has 0 fully saturated rings. The lowest BCUT2D eigenvalue weighted by molar-refractivity contribution is 0.0948. The fourth-order valence-electron chi connectivity index (χ4n) is 1.63. The molecule has 19 heavy (non-hydrogen) atoms. The zero-order valence-electron chi connectivity index (χ0n) is 9.93. The summed E-state index contributed by atoms with van der Waals surface area (Å²) < 4.78 is 0.930. The van der Waals surface area contributed by atoms with Crippen molar-refractivity contribution in [3.05, 3.63) is 58.1 Å². The predicted molar refractivity (Wildman–Crippen MR) is 75.1 cm³/mol. The van der Waals surface area contributed by atoms with Gasteiger partial charge in [-0.1, -0.05) is 28.1 Å². The lowest BCUT2D eigenvalue weighted by atomic mass is 10.1. The van der Waals surface area contributed by atoms with Crippen molar-refractivity contribution in [1.82, 2.24) is 5.32 Å². The molecule has 0 aliphatic rings. The SMILES string of the molecule is O=C(NCc1cccc(Br)c1)c1cc(O)ccc1O. The van der Waals surface area contributed by atoms with E-state index in [-0.39, 0.29) is 17.1 Å². The summed E-state index contributed by atoms with van der Waals surface area (Å²) in [5.74, 6) is -0.664. The van der Waals surface area contributed by atoms with Gasteiger partial charge in [0.2, 0.25) is 0 Å². The van der Waals surface area contributed by atoms with Gasteiger partial charge in [-0.25, -0.2) is 0 Å². The second-order valence-corrected chi connectivity index (χ2v) is 4.93. The first-order valence-corrected chi connectivity index (χ1v) is 6.40. The number of aromatic hydroxyl groups is 2. The summed E-state index contributed by atoms with van der Waals surface area (Å²) in [5.41, 5.74) is 0.984. The molecule has 0 spiro atoms. The Hall–Kier alpha value is -2.01. The van der Waals surface area contributed by atoms with Gasteiger partial charge in [-0.05, 0) is 35.9 Å². The summed E-state index contributed by atoms with van der Waals surface area (Å²) in [7, 11) is 0. The summed E-state index contributed by atoms with van der Waals surface area (Å²) in [6.45, 7) is 0.341. The van der Waals surface area contributed by atoms with E-state index in [9.17, 15) is 15.0 Å². The minimum Gasteiger partial charge on any atom is -0.508 e. The number of benzene rings is 2. The van der Waals surface area contributed by atoms with Crippen LogP contribution in [0.15, 0.2) is 46.9 Å². The van der Waals surface area contributed by atoms with Crippen LogP contribution >= 0.6 is 15.9 Å². The molecule has 3 N–H and O–H groups in total. The Morgan fingerprint density at radius 2 is 1.95 bits per heavy atom. The van der Waals surface area contributed by atoms with Crippen LogP contribution in [0.5, 0.6) is 11.5 Å². The molecule has 1 amide bonds. The lowest BCUT2D eigenvalue weighted by Crippen LogP contribution is -2.22. The van der Waals surface area contributed by atoms with Gasteiger partial charge in [0.25, 0.3) is 5.91 Å². The molecule has 2 aromatic carbocycles. The van der Waals surface area contributed by atoms with Crippen molar-refractivity contribution < 1.29 is 15.0 Å². The lowest BCUT2D eigenvalue weighted by Gasteiger charge is -2.07. The van der Waals surface area contributed by atoms with Gasteiger partial charge in [0.05, 0.1) is 5.56 Å². The van der Waals surface area contributed by atoms with Crippen LogP contribution < -0.4 is 5.32 Å². The quantitative estimate of drug-likeness (QED) is 0.761. The number of phenolic OH excluding ortho intramolecular Hbond substituents is 2. The Labute approximate surface area is 118 Å². The van der Waals surface area contributed by atoms with E-state index in [2.05, 4.69) is 21.2 Å². The van der Waals surface area contributed by atoms with Crippen LogP contribution in [-0.2, 0) is 6.54 Å². The fourth-order valence-corrected chi connectivity index (χ4v) is 2.08. The van der Waals surface area contributed by atoms with Crippen LogP contribution in [0.3, 0.4) is 0 Å². The van der Waals surface area contributed by atoms with Gasteiger partial charge in [-0.2, -0.15) is 0 Å². The first kappa shape index (κ1) is 13.4. The van der Waals surface area contributed by atoms with Crippen molar-refractivity contribution >= 4 is 21.8 Å². The molecule has 98 valence electrons. The highest BCUT2D eigenvalue weighted by Gasteiger charge is 2.11. The van der Waals surface area contributed by atoms with Crippen molar-refractivity contribution in [3.8, 4) is 11.5 Å². The average Bonchev–Trinajstić information content (AvgIpc) is 2.39. The molecule has 0 saturated carbocycles. The molecule has 0 heterocycles. The van der Waals surface area contributed by atoms with E-state index in [1.54, 1.807) is 0 Å². The maximum absolute atomic E-state index is 11.9. The van der Waals surface area contributed by atoms with Gasteiger partial charge in [0, 0.05) is 11.0 Å². The van der Waals surface area contributed by atoms with Gasteiger partial charge in [-0.3, -0.25) is 4.79 Å². The maximum Gasteiger partial charge on any atom is 0.255 e. The Morgan fingerprint density at radius 3 is 2.68 bits per heavy atom. The smallest absolute Gasteiger partial charge is 0.255 e. The third kappa shape index (κ3) is 3.48. The molecule has 0 bridgehead atoms. The standard InChI is InChI=1S/C14H12BrNO3/c15-10-3-1-2-9(6-10)8-16-14(19)12-7-11(17)4-5-13(12)18/h1-7,17-18H,8H2,(H,16,19). The third-order valence-corrected chi connectivity index (χ3v) is 3.06. The van der Waals surface area contributed by atoms with Crippen LogP contribution in [-0.4, -0.2) is 16.1 Å². The maximum atomic E-state index is 11.9. The zero-order chi connectivity index (χ0) is 13.8. The van der Waals surface area contributed by atoms with E-state index in [4.69, 9.17) is 0 Å². The molecule has 2 rings (SSSR count). The molecule has 0 aliphatic carbocycles. The van der Waals surface area contributed by atoms with E-state index >= 15 is 0 Å². The topological polar surface area (TPSA) is 69.6 Å². The Balaban J connectivity index is 2.07. The molecular formula is C14H12BrNO3. The molecule has 0 aromatic heterocycles. The van der Waals surface area contributed by atoms with Crippen LogP contribution in [0.2, 0.25) is 0 Å². The number of amides is 1. The number of hydrogen-bond acceptors (Lipinski definition) is 3. The molecule has 0 saturated heterocycles. The largest absolute Gasteiger partial charge is 0.508 e. The fraction of sp³-hybridized carbons (Fsp3) is 0.0714. The van der Waals surface area contributed by atoms with E-state index in [0.717, 1.165) is 10.0 Å². The summed E-state index contributed by atoms with van der Waals surface area (Å²) >= 11 is 3.35. The van der Waals surface area contributed by atoms with Crippen molar-refractivity contribution in [1.29, 1.82) is 0 Å². The molecule has 2 aromatic rings. The highest BCUT2D eigenvalue weighted by molar-refractivity contribution is 9.10. The second-order valence-electron chi connectivity index (χ2n) is 4.01. The average molecular weight is 322 g/mol. The van der Waals surface area contributed by atoms with Crippen molar-refractivity contribution in [2.45, 2.75) is 6.54 Å². The number of halogens is 1. The van der Waals surface area contributed by atoms with Crippen LogP contribution in [0, 0.1) is 0 Å². The number of hydrogen-bond donors (Lipinski definition) is 3. The number of carbonyl (C=O) groups is 1. The van der Waals surface area contributed by atoms with Gasteiger partial charge in [-0.15, -0.1) is 0 Å². The van der Waals surface area contributed by atoms with Gasteiger partial charge < -0.3 is 15.5 Å². The summed E-state index contributed by atoms with van der Waals surface area (Å²) in [4.78, 5) is 11.9. The normalized spacial score (nSPS) is 10.2. The van der Waals surface area contributed by atoms with Gasteiger partial charge in [0.1, 0.15) is 11.5 Å². The summed E-state index contributed by atoms with van der Waals surface area (Å²) in [6.07, 6.45) is 0. The summed E-state index contributed by atoms with van der Waals surface area (Å²) in [6, 6.07) is 11.4. The zero-order valence-corrected chi connectivity index (χ0v) is 11.5. The highest BCUT2D eigenvalue weighted by Crippen LogP contribution is 2.22. The predicted octanol–water partition coefficient (Wildman–Crippen LogP) is 2.79. The summed E-state index contributed by atoms with van der Waals surface area (Å²) in [5, 5.41) is 21.6. The first-order chi connectivity index (χ1) is 9.06. The van der Waals surface area contributed by atoms with E-state index in [0.29, 0.717) is 6.54 Å². The third-order valence-electron chi connectivity index (χ3n) is 2.57. The van der Waals surface area contributed by atoms with Gasteiger partial charge in [0.15, 0.2) is 0 Å². The molecule has 0 radical (unpaired) electrons. The number of rotatable bonds is 3. The number of nitrogens with one attached hydrogen (secondary N) is 1. The molecule has 4 nitrogen and oxygen atoms in total. The molecule has 0 atom stereocenters. The first-order valence-electron chi connectivity index (χ1n) is 5.61. The van der Waals surface area contributed by atoms with E-state index in [1.165, 1.54) is 18.2 Å². The van der Waals surface area contributed by atoms with Crippen LogP contribution in [0.1, 0.15) is 15.9 Å². The minimum absolute atomic E-state index is 0.0509. The molecule has 0 unspecified atom stereocenters. The highest BCUT2D eigenvalue weighted by atomic mass is 79.9. The van der Waals surface area contributed by atoms with E-state index < -0.39 is 5.91 Å². The van der Waals surface area contributed by atoms with Crippen molar-refractivity contribution in [2.75, 3.05) is 0 Å². The monoisotopic (exact) mass is 321 g/mol. The van der Waals surface area contributed by atoms with E-state index in [1.807, 2.05) is 24.3 Å². The molecular weight excluding hydrogens is 310 g/mol. The second kappa shape index (κ2) is 5.75. The number of carbonyl (C=O) groups excluding carboxylic acids is 1. The number of phenols is 2. The van der Waals surface area contributed by atoms with Gasteiger partial charge >= 0.3 is 0 Å². The Bertz CT molecular complexity index is 613.